The highest BCUT2D eigenvalue weighted by Gasteiger charge is 2.23. The number of aliphatic hydroxyl groups excluding tert-OH is 1. The van der Waals surface area contributed by atoms with Crippen LogP contribution in [0.15, 0.2) is 18.2 Å². The molecule has 0 saturated carbocycles. The second kappa shape index (κ2) is 7.55. The predicted molar refractivity (Wildman–Crippen MR) is 75.1 cm³/mol. The van der Waals surface area contributed by atoms with Crippen molar-refractivity contribution in [2.45, 2.75) is 19.8 Å². The van der Waals surface area contributed by atoms with Gasteiger partial charge in [-0.1, -0.05) is 19.4 Å². The van der Waals surface area contributed by atoms with Gasteiger partial charge in [0.05, 0.1) is 11.5 Å². The highest BCUT2D eigenvalue weighted by Crippen LogP contribution is 2.34. The van der Waals surface area contributed by atoms with Gasteiger partial charge < -0.3 is 15.4 Å². The lowest BCUT2D eigenvalue weighted by Gasteiger charge is -2.24. The zero-order valence-corrected chi connectivity index (χ0v) is 11.0. The minimum Gasteiger partial charge on any atom is -0.395 e. The number of hydrogen-bond acceptors (Lipinski definition) is 6. The van der Waals surface area contributed by atoms with Crippen molar-refractivity contribution >= 4 is 17.1 Å². The Labute approximate surface area is 112 Å². The van der Waals surface area contributed by atoms with Crippen LogP contribution in [0.3, 0.4) is 0 Å². The number of aliphatic hydroxyl groups is 1. The number of hydrogen-bond donors (Lipinski definition) is 3. The number of rotatable bonds is 8. The van der Waals surface area contributed by atoms with E-state index in [1.165, 1.54) is 0 Å². The second-order valence-electron chi connectivity index (χ2n) is 4.14. The summed E-state index contributed by atoms with van der Waals surface area (Å²) >= 11 is 0. The molecule has 4 N–H and O–H groups in total. The molecule has 106 valence electrons. The van der Waals surface area contributed by atoms with E-state index in [2.05, 4.69) is 5.43 Å². The van der Waals surface area contributed by atoms with Crippen molar-refractivity contribution in [3.05, 3.63) is 28.3 Å². The number of unbranched alkanes of at least 4 members (excludes halogenated alkanes) is 1. The van der Waals surface area contributed by atoms with E-state index in [1.807, 2.05) is 11.8 Å². The molecule has 0 aromatic heterocycles. The Morgan fingerprint density at radius 2 is 2.21 bits per heavy atom. The summed E-state index contributed by atoms with van der Waals surface area (Å²) in [7, 11) is 0. The zero-order valence-electron chi connectivity index (χ0n) is 11.0. The van der Waals surface area contributed by atoms with Crippen LogP contribution in [0.1, 0.15) is 19.8 Å². The van der Waals surface area contributed by atoms with E-state index in [1.54, 1.807) is 18.2 Å². The van der Waals surface area contributed by atoms with E-state index in [0.717, 1.165) is 12.8 Å². The van der Waals surface area contributed by atoms with Crippen molar-refractivity contribution in [3.63, 3.8) is 0 Å². The molecule has 1 aromatic rings. The number of nitrogen functional groups attached to an aromatic ring is 1. The van der Waals surface area contributed by atoms with Gasteiger partial charge in [-0.15, -0.1) is 0 Å². The summed E-state index contributed by atoms with van der Waals surface area (Å²) in [6, 6.07) is 4.93. The molecule has 0 fully saturated rings. The average molecular weight is 268 g/mol. The Bertz CT molecular complexity index is 425. The van der Waals surface area contributed by atoms with Crippen LogP contribution in [-0.2, 0) is 0 Å². The lowest BCUT2D eigenvalue weighted by molar-refractivity contribution is -0.383. The van der Waals surface area contributed by atoms with Crippen molar-refractivity contribution in [1.29, 1.82) is 0 Å². The molecule has 0 unspecified atom stereocenters. The van der Waals surface area contributed by atoms with Crippen molar-refractivity contribution in [3.8, 4) is 0 Å². The Balaban J connectivity index is 3.16. The van der Waals surface area contributed by atoms with Crippen LogP contribution in [0.4, 0.5) is 17.1 Å². The van der Waals surface area contributed by atoms with Gasteiger partial charge in [-0.2, -0.15) is 0 Å². The number of nitrogens with one attached hydrogen (secondary N) is 1. The SMILES string of the molecule is CCCCN(CCO)c1cccc(NN)c1[N+](=O)[O-]. The number of hydrazine groups is 1. The normalized spacial score (nSPS) is 10.3. The summed E-state index contributed by atoms with van der Waals surface area (Å²) in [5, 5.41) is 20.3. The number of benzene rings is 1. The lowest BCUT2D eigenvalue weighted by atomic mass is 10.2. The minimum atomic E-state index is -0.457. The molecule has 0 amide bonds. The third kappa shape index (κ3) is 3.80. The second-order valence-corrected chi connectivity index (χ2v) is 4.14. The van der Waals surface area contributed by atoms with Crippen molar-refractivity contribution in [1.82, 2.24) is 0 Å². The topological polar surface area (TPSA) is 105 Å². The first-order chi connectivity index (χ1) is 9.15. The van der Waals surface area contributed by atoms with Gasteiger partial charge in [-0.25, -0.2) is 0 Å². The lowest BCUT2D eigenvalue weighted by Crippen LogP contribution is -2.28. The predicted octanol–water partition coefficient (Wildman–Crippen LogP) is 1.48. The third-order valence-corrected chi connectivity index (χ3v) is 2.84. The summed E-state index contributed by atoms with van der Waals surface area (Å²) in [5.74, 6) is 5.31. The number of anilines is 2. The van der Waals surface area contributed by atoms with Crippen LogP contribution < -0.4 is 16.2 Å². The largest absolute Gasteiger partial charge is 0.395 e. The maximum Gasteiger partial charge on any atom is 0.316 e. The van der Waals surface area contributed by atoms with Crippen molar-refractivity contribution in [2.75, 3.05) is 30.0 Å². The summed E-state index contributed by atoms with van der Waals surface area (Å²) in [4.78, 5) is 12.6. The fourth-order valence-electron chi connectivity index (χ4n) is 1.92. The van der Waals surface area contributed by atoms with Gasteiger partial charge in [0.25, 0.3) is 0 Å². The first-order valence-corrected chi connectivity index (χ1v) is 6.25. The quantitative estimate of drug-likeness (QED) is 0.375. The smallest absolute Gasteiger partial charge is 0.316 e. The molecule has 7 nitrogen and oxygen atoms in total. The van der Waals surface area contributed by atoms with Crippen molar-refractivity contribution < 1.29 is 10.0 Å². The molecule has 7 heteroatoms. The monoisotopic (exact) mass is 268 g/mol. The number of nitro benzene ring substituents is 1. The maximum absolute atomic E-state index is 11.2. The van der Waals surface area contributed by atoms with E-state index in [4.69, 9.17) is 10.9 Å². The molecule has 0 heterocycles. The van der Waals surface area contributed by atoms with Crippen LogP contribution in [0, 0.1) is 10.1 Å². The van der Waals surface area contributed by atoms with Crippen molar-refractivity contribution in [2.24, 2.45) is 5.84 Å². The Morgan fingerprint density at radius 1 is 1.47 bits per heavy atom. The van der Waals surface area contributed by atoms with E-state index in [-0.39, 0.29) is 18.0 Å². The molecule has 0 spiro atoms. The van der Waals surface area contributed by atoms with E-state index < -0.39 is 4.92 Å². The molecule has 0 saturated heterocycles. The van der Waals surface area contributed by atoms with Gasteiger partial charge in [0, 0.05) is 13.1 Å². The Kier molecular flexibility index (Phi) is 6.04. The Morgan fingerprint density at radius 3 is 2.74 bits per heavy atom. The molecule has 0 bridgehead atoms. The molecule has 0 aliphatic rings. The molecule has 1 aromatic carbocycles. The number of nitro groups is 1. The van der Waals surface area contributed by atoms with Crippen LogP contribution in [0.5, 0.6) is 0 Å². The van der Waals surface area contributed by atoms with Gasteiger partial charge in [-0.05, 0) is 18.6 Å². The molecular weight excluding hydrogens is 248 g/mol. The maximum atomic E-state index is 11.2. The van der Waals surface area contributed by atoms with Crippen LogP contribution in [-0.4, -0.2) is 29.7 Å². The van der Waals surface area contributed by atoms with E-state index in [9.17, 15) is 10.1 Å². The molecular formula is C12H20N4O3. The molecule has 1 rings (SSSR count). The van der Waals surface area contributed by atoms with Gasteiger partial charge in [-0.3, -0.25) is 16.0 Å². The fraction of sp³-hybridized carbons (Fsp3) is 0.500. The third-order valence-electron chi connectivity index (χ3n) is 2.84. The van der Waals surface area contributed by atoms with Gasteiger partial charge in [0.2, 0.25) is 0 Å². The molecule has 0 aliphatic carbocycles. The van der Waals surface area contributed by atoms with E-state index >= 15 is 0 Å². The summed E-state index contributed by atoms with van der Waals surface area (Å²) in [5.41, 5.74) is 3.02. The summed E-state index contributed by atoms with van der Waals surface area (Å²) in [6.07, 6.45) is 1.88. The first kappa shape index (κ1) is 15.2. The highest BCUT2D eigenvalue weighted by molar-refractivity contribution is 5.76. The molecule has 0 radical (unpaired) electrons. The number of para-hydroxylation sites is 1. The minimum absolute atomic E-state index is 0.0544. The Hall–Kier alpha value is -1.86. The number of nitrogens with zero attached hydrogens (tertiary/aromatic N) is 2. The molecule has 0 aliphatic heterocycles. The van der Waals surface area contributed by atoms with Crippen LogP contribution >= 0.6 is 0 Å². The van der Waals surface area contributed by atoms with E-state index in [0.29, 0.717) is 18.8 Å². The fourth-order valence-corrected chi connectivity index (χ4v) is 1.92. The number of nitrogens with two attached hydrogens (primary N) is 1. The summed E-state index contributed by atoms with van der Waals surface area (Å²) in [6.45, 7) is 3.01. The van der Waals surface area contributed by atoms with Gasteiger partial charge >= 0.3 is 5.69 Å². The zero-order chi connectivity index (χ0) is 14.3. The standard InChI is InChI=1S/C12H20N4O3/c1-2-3-7-15(8-9-17)11-6-4-5-10(14-13)12(11)16(18)19/h4-6,14,17H,2-3,7-9,13H2,1H3. The molecule has 19 heavy (non-hydrogen) atoms. The summed E-state index contributed by atoms with van der Waals surface area (Å²) < 4.78 is 0. The van der Waals surface area contributed by atoms with Crippen LogP contribution in [0.2, 0.25) is 0 Å². The van der Waals surface area contributed by atoms with Crippen LogP contribution in [0.25, 0.3) is 0 Å². The molecule has 0 atom stereocenters. The highest BCUT2D eigenvalue weighted by atomic mass is 16.6. The van der Waals surface area contributed by atoms with Gasteiger partial charge in [0.15, 0.2) is 0 Å². The van der Waals surface area contributed by atoms with Gasteiger partial charge in [0.1, 0.15) is 11.4 Å². The first-order valence-electron chi connectivity index (χ1n) is 6.25. The average Bonchev–Trinajstić information content (AvgIpc) is 2.42.